The highest BCUT2D eigenvalue weighted by molar-refractivity contribution is 5.89. The highest BCUT2D eigenvalue weighted by atomic mass is 16.5. The molecule has 3 aliphatic rings. The fourth-order valence-corrected chi connectivity index (χ4v) is 2.90. The molecule has 5 heteroatoms. The lowest BCUT2D eigenvalue weighted by Gasteiger charge is -2.31. The number of ether oxygens (including phenoxy) is 1. The van der Waals surface area contributed by atoms with E-state index in [1.54, 1.807) is 4.90 Å². The van der Waals surface area contributed by atoms with Crippen molar-refractivity contribution < 1.29 is 14.3 Å². The van der Waals surface area contributed by atoms with Gasteiger partial charge in [-0.3, -0.25) is 9.59 Å². The van der Waals surface area contributed by atoms with Gasteiger partial charge in [-0.25, -0.2) is 0 Å². The lowest BCUT2D eigenvalue weighted by Crippen LogP contribution is -2.42. The summed E-state index contributed by atoms with van der Waals surface area (Å²) in [6, 6.07) is 0.398. The van der Waals surface area contributed by atoms with Crippen molar-refractivity contribution in [3.8, 4) is 0 Å². The summed E-state index contributed by atoms with van der Waals surface area (Å²) in [6.45, 7) is 3.46. The molecule has 5 nitrogen and oxygen atoms in total. The average molecular weight is 252 g/mol. The van der Waals surface area contributed by atoms with Crippen LogP contribution in [0.1, 0.15) is 32.6 Å². The first-order valence-electron chi connectivity index (χ1n) is 6.86. The molecule has 2 saturated heterocycles. The zero-order chi connectivity index (χ0) is 12.7. The van der Waals surface area contributed by atoms with Gasteiger partial charge < -0.3 is 14.5 Å². The van der Waals surface area contributed by atoms with Gasteiger partial charge in [-0.15, -0.1) is 0 Å². The van der Waals surface area contributed by atoms with Crippen LogP contribution in [0.3, 0.4) is 0 Å². The topological polar surface area (TPSA) is 49.9 Å². The van der Waals surface area contributed by atoms with E-state index in [9.17, 15) is 9.59 Å². The SMILES string of the molecule is C[C@H]1OCCC[C@@H]1C(=O)N1CC(=O)N(C2CC2)C1. The van der Waals surface area contributed by atoms with Gasteiger partial charge in [0.1, 0.15) is 6.54 Å². The minimum absolute atomic E-state index is 0.0173. The molecule has 1 saturated carbocycles. The zero-order valence-corrected chi connectivity index (χ0v) is 10.8. The van der Waals surface area contributed by atoms with Crippen LogP contribution in [0.25, 0.3) is 0 Å². The monoisotopic (exact) mass is 252 g/mol. The van der Waals surface area contributed by atoms with Crippen LogP contribution >= 0.6 is 0 Å². The molecule has 0 N–H and O–H groups in total. The molecule has 0 radical (unpaired) electrons. The van der Waals surface area contributed by atoms with Crippen LogP contribution in [0.4, 0.5) is 0 Å². The number of nitrogens with zero attached hydrogens (tertiary/aromatic N) is 2. The van der Waals surface area contributed by atoms with Gasteiger partial charge in [-0.1, -0.05) is 0 Å². The predicted molar refractivity (Wildman–Crippen MR) is 64.6 cm³/mol. The third-order valence-corrected chi connectivity index (χ3v) is 4.19. The van der Waals surface area contributed by atoms with Crippen molar-refractivity contribution in [1.29, 1.82) is 0 Å². The average Bonchev–Trinajstić information content (AvgIpc) is 3.12. The van der Waals surface area contributed by atoms with Gasteiger partial charge in [0.25, 0.3) is 0 Å². The summed E-state index contributed by atoms with van der Waals surface area (Å²) >= 11 is 0. The number of carbonyl (C=O) groups excluding carboxylic acids is 2. The Labute approximate surface area is 107 Å². The molecule has 18 heavy (non-hydrogen) atoms. The van der Waals surface area contributed by atoms with E-state index < -0.39 is 0 Å². The lowest BCUT2D eigenvalue weighted by atomic mass is 9.94. The van der Waals surface area contributed by atoms with E-state index in [1.807, 2.05) is 11.8 Å². The summed E-state index contributed by atoms with van der Waals surface area (Å²) < 4.78 is 5.54. The molecule has 3 fully saturated rings. The maximum absolute atomic E-state index is 12.4. The molecule has 0 bridgehead atoms. The molecule has 2 aliphatic heterocycles. The minimum Gasteiger partial charge on any atom is -0.378 e. The first kappa shape index (κ1) is 12.0. The molecule has 0 aromatic rings. The number of rotatable bonds is 2. The summed E-state index contributed by atoms with van der Waals surface area (Å²) in [5.41, 5.74) is 0. The van der Waals surface area contributed by atoms with E-state index in [0.717, 1.165) is 32.3 Å². The third kappa shape index (κ3) is 2.11. The summed E-state index contributed by atoms with van der Waals surface area (Å²) in [6.07, 6.45) is 3.99. The highest BCUT2D eigenvalue weighted by Crippen LogP contribution is 2.31. The number of amides is 2. The van der Waals surface area contributed by atoms with Gasteiger partial charge in [0.2, 0.25) is 11.8 Å². The van der Waals surface area contributed by atoms with Gasteiger partial charge in [0.15, 0.2) is 0 Å². The molecule has 2 amide bonds. The Bertz CT molecular complexity index is 367. The third-order valence-electron chi connectivity index (χ3n) is 4.19. The van der Waals surface area contributed by atoms with Crippen molar-refractivity contribution in [3.05, 3.63) is 0 Å². The number of hydrogen-bond donors (Lipinski definition) is 0. The molecule has 0 aromatic heterocycles. The Morgan fingerprint density at radius 2 is 2.11 bits per heavy atom. The molecule has 0 aromatic carbocycles. The zero-order valence-electron chi connectivity index (χ0n) is 10.8. The first-order chi connectivity index (χ1) is 8.66. The molecule has 3 rings (SSSR count). The van der Waals surface area contributed by atoms with Gasteiger partial charge in [0.05, 0.1) is 18.7 Å². The Hall–Kier alpha value is -1.10. The maximum Gasteiger partial charge on any atom is 0.243 e. The van der Waals surface area contributed by atoms with E-state index in [0.29, 0.717) is 12.7 Å². The number of carbonyl (C=O) groups is 2. The van der Waals surface area contributed by atoms with Crippen molar-refractivity contribution in [2.24, 2.45) is 5.92 Å². The second kappa shape index (κ2) is 4.53. The van der Waals surface area contributed by atoms with Gasteiger partial charge in [-0.2, -0.15) is 0 Å². The standard InChI is InChI=1S/C13H20N2O3/c1-9-11(3-2-6-18-9)13(17)14-7-12(16)15(8-14)10-4-5-10/h9-11H,2-8H2,1H3/t9-,11+/m1/s1. The molecule has 1 aliphatic carbocycles. The van der Waals surface area contributed by atoms with Crippen molar-refractivity contribution in [2.45, 2.75) is 44.8 Å². The van der Waals surface area contributed by atoms with Crippen LogP contribution in [-0.2, 0) is 14.3 Å². The van der Waals surface area contributed by atoms with Crippen LogP contribution in [0, 0.1) is 5.92 Å². The Morgan fingerprint density at radius 3 is 2.78 bits per heavy atom. The van der Waals surface area contributed by atoms with Crippen LogP contribution in [0.2, 0.25) is 0 Å². The van der Waals surface area contributed by atoms with E-state index in [-0.39, 0.29) is 30.4 Å². The molecule has 0 spiro atoms. The van der Waals surface area contributed by atoms with Gasteiger partial charge >= 0.3 is 0 Å². The summed E-state index contributed by atoms with van der Waals surface area (Å²) in [5, 5.41) is 0. The van der Waals surface area contributed by atoms with Gasteiger partial charge in [-0.05, 0) is 32.6 Å². The first-order valence-corrected chi connectivity index (χ1v) is 6.86. The summed E-state index contributed by atoms with van der Waals surface area (Å²) in [4.78, 5) is 27.8. The van der Waals surface area contributed by atoms with E-state index in [2.05, 4.69) is 0 Å². The van der Waals surface area contributed by atoms with Crippen molar-refractivity contribution in [3.63, 3.8) is 0 Å². The fraction of sp³-hybridized carbons (Fsp3) is 0.846. The molecular weight excluding hydrogens is 232 g/mol. The number of hydrogen-bond acceptors (Lipinski definition) is 3. The quantitative estimate of drug-likeness (QED) is 0.723. The largest absolute Gasteiger partial charge is 0.378 e. The molecule has 0 unspecified atom stereocenters. The lowest BCUT2D eigenvalue weighted by molar-refractivity contribution is -0.143. The van der Waals surface area contributed by atoms with E-state index >= 15 is 0 Å². The Kier molecular flexibility index (Phi) is 3.01. The molecule has 2 heterocycles. The minimum atomic E-state index is -0.0642. The normalized spacial score (nSPS) is 33.1. The van der Waals surface area contributed by atoms with Crippen molar-refractivity contribution >= 4 is 11.8 Å². The van der Waals surface area contributed by atoms with Crippen molar-refractivity contribution in [2.75, 3.05) is 19.8 Å². The highest BCUT2D eigenvalue weighted by Gasteiger charge is 2.42. The van der Waals surface area contributed by atoms with Crippen LogP contribution in [0.5, 0.6) is 0 Å². The molecular formula is C13H20N2O3. The second-order valence-electron chi connectivity index (χ2n) is 5.60. The molecule has 100 valence electrons. The summed E-state index contributed by atoms with van der Waals surface area (Å²) in [5.74, 6) is 0.139. The van der Waals surface area contributed by atoms with Crippen molar-refractivity contribution in [1.82, 2.24) is 9.80 Å². The van der Waals surface area contributed by atoms with E-state index in [4.69, 9.17) is 4.74 Å². The van der Waals surface area contributed by atoms with Crippen LogP contribution < -0.4 is 0 Å². The van der Waals surface area contributed by atoms with E-state index in [1.165, 1.54) is 0 Å². The van der Waals surface area contributed by atoms with Gasteiger partial charge in [0, 0.05) is 12.6 Å². The second-order valence-corrected chi connectivity index (χ2v) is 5.60. The maximum atomic E-state index is 12.4. The fourth-order valence-electron chi connectivity index (χ4n) is 2.90. The summed E-state index contributed by atoms with van der Waals surface area (Å²) in [7, 11) is 0. The van der Waals surface area contributed by atoms with Crippen LogP contribution in [0.15, 0.2) is 0 Å². The smallest absolute Gasteiger partial charge is 0.243 e. The predicted octanol–water partition coefficient (Wildman–Crippen LogP) is 0.592. The Morgan fingerprint density at radius 1 is 1.33 bits per heavy atom. The van der Waals surface area contributed by atoms with Crippen LogP contribution in [-0.4, -0.2) is 53.6 Å². The Balaban J connectivity index is 1.64. The molecule has 2 atom stereocenters.